The minimum absolute atomic E-state index is 0.420. The normalized spacial score (nSPS) is 21.4. The number of likely N-dealkylation sites (N-methyl/N-ethyl adjacent to an activating group) is 1. The van der Waals surface area contributed by atoms with E-state index < -0.39 is 0 Å². The van der Waals surface area contributed by atoms with Gasteiger partial charge in [0.2, 0.25) is 5.95 Å². The molecule has 1 aliphatic rings. The molecule has 1 aromatic carbocycles. The van der Waals surface area contributed by atoms with Gasteiger partial charge >= 0.3 is 0 Å². The number of tetrazole rings is 1. The smallest absolute Gasteiger partial charge is 0.247 e. The molecule has 1 atom stereocenters. The summed E-state index contributed by atoms with van der Waals surface area (Å²) in [5, 5.41) is 17.8. The van der Waals surface area contributed by atoms with Crippen LogP contribution in [0.4, 0.5) is 5.95 Å². The second kappa shape index (κ2) is 7.94. The molecule has 8 heteroatoms. The lowest BCUT2D eigenvalue weighted by molar-refractivity contribution is -1.02. The lowest BCUT2D eigenvalue weighted by atomic mass is 10.1. The predicted octanol–water partition coefficient (Wildman–Crippen LogP) is -0.710. The summed E-state index contributed by atoms with van der Waals surface area (Å²) in [4.78, 5) is 4.69. The van der Waals surface area contributed by atoms with Crippen molar-refractivity contribution in [3.05, 3.63) is 52.7 Å². The fourth-order valence-electron chi connectivity index (χ4n) is 3.52. The van der Waals surface area contributed by atoms with Gasteiger partial charge in [0.05, 0.1) is 24.2 Å². The van der Waals surface area contributed by atoms with Crippen LogP contribution in [0.25, 0.3) is 5.69 Å². The van der Waals surface area contributed by atoms with Gasteiger partial charge in [-0.1, -0.05) is 29.4 Å². The molecule has 2 aromatic heterocycles. The molecule has 1 aliphatic heterocycles. The van der Waals surface area contributed by atoms with Crippen LogP contribution in [0.5, 0.6) is 0 Å². The number of benzene rings is 1. The quantitative estimate of drug-likeness (QED) is 0.536. The summed E-state index contributed by atoms with van der Waals surface area (Å²) in [6.45, 7) is 5.65. The van der Waals surface area contributed by atoms with Crippen molar-refractivity contribution < 1.29 is 9.80 Å². The number of thiophene rings is 1. The van der Waals surface area contributed by atoms with E-state index in [1.807, 2.05) is 41.7 Å². The molecule has 0 saturated carbocycles. The van der Waals surface area contributed by atoms with Crippen LogP contribution in [0.3, 0.4) is 0 Å². The Morgan fingerprint density at radius 3 is 2.65 bits per heavy atom. The Morgan fingerprint density at radius 1 is 1.12 bits per heavy atom. The minimum Gasteiger partial charge on any atom is -0.346 e. The summed E-state index contributed by atoms with van der Waals surface area (Å²) < 4.78 is 1.76. The van der Waals surface area contributed by atoms with E-state index in [-0.39, 0.29) is 0 Å². The molecule has 3 N–H and O–H groups in total. The van der Waals surface area contributed by atoms with Gasteiger partial charge in [-0.05, 0) is 34.0 Å². The average molecular weight is 372 g/mol. The highest BCUT2D eigenvalue weighted by molar-refractivity contribution is 7.10. The third-order valence-corrected chi connectivity index (χ3v) is 6.05. The van der Waals surface area contributed by atoms with Crippen LogP contribution < -0.4 is 15.1 Å². The van der Waals surface area contributed by atoms with Crippen LogP contribution in [0.15, 0.2) is 47.8 Å². The zero-order valence-corrected chi connectivity index (χ0v) is 15.7. The van der Waals surface area contributed by atoms with Crippen molar-refractivity contribution in [3.63, 3.8) is 0 Å². The zero-order chi connectivity index (χ0) is 17.8. The Balaban J connectivity index is 1.50. The second-order valence-electron chi connectivity index (χ2n) is 6.81. The van der Waals surface area contributed by atoms with Gasteiger partial charge in [-0.3, -0.25) is 0 Å². The number of rotatable bonds is 6. The second-order valence-corrected chi connectivity index (χ2v) is 7.79. The van der Waals surface area contributed by atoms with Crippen molar-refractivity contribution in [1.82, 2.24) is 20.2 Å². The molecule has 0 unspecified atom stereocenters. The van der Waals surface area contributed by atoms with Crippen LogP contribution in [0, 0.1) is 0 Å². The van der Waals surface area contributed by atoms with E-state index in [0.717, 1.165) is 12.2 Å². The van der Waals surface area contributed by atoms with Crippen LogP contribution >= 0.6 is 11.3 Å². The first-order valence-electron chi connectivity index (χ1n) is 9.08. The molecule has 0 amide bonds. The van der Waals surface area contributed by atoms with E-state index in [0.29, 0.717) is 12.0 Å². The van der Waals surface area contributed by atoms with Crippen LogP contribution in [-0.4, -0.2) is 60.0 Å². The number of hydrogen-bond donors (Lipinski definition) is 3. The lowest BCUT2D eigenvalue weighted by Gasteiger charge is -2.33. The van der Waals surface area contributed by atoms with E-state index in [1.54, 1.807) is 14.5 Å². The van der Waals surface area contributed by atoms with Gasteiger partial charge in [0, 0.05) is 0 Å². The van der Waals surface area contributed by atoms with Gasteiger partial charge in [0.15, 0.2) is 0 Å². The van der Waals surface area contributed by atoms with E-state index >= 15 is 0 Å². The summed E-state index contributed by atoms with van der Waals surface area (Å²) in [6, 6.07) is 14.8. The first-order valence-corrected chi connectivity index (χ1v) is 9.96. The van der Waals surface area contributed by atoms with E-state index in [4.69, 9.17) is 0 Å². The molecule has 7 nitrogen and oxygen atoms in total. The third-order valence-electron chi connectivity index (χ3n) is 5.06. The average Bonchev–Trinajstić information content (AvgIpc) is 3.36. The number of anilines is 1. The Morgan fingerprint density at radius 2 is 1.92 bits per heavy atom. The number of nitrogens with zero attached hydrogens (tertiary/aromatic N) is 4. The third kappa shape index (κ3) is 3.77. The maximum absolute atomic E-state index is 4.18. The van der Waals surface area contributed by atoms with E-state index in [9.17, 15) is 0 Å². The molecule has 136 valence electrons. The highest BCUT2D eigenvalue weighted by atomic mass is 32.1. The van der Waals surface area contributed by atoms with E-state index in [2.05, 4.69) is 45.4 Å². The van der Waals surface area contributed by atoms with Crippen molar-refractivity contribution in [2.24, 2.45) is 0 Å². The van der Waals surface area contributed by atoms with Gasteiger partial charge in [-0.25, -0.2) is 0 Å². The number of quaternary nitrogens is 2. The number of para-hydroxylation sites is 1. The molecule has 4 rings (SSSR count). The molecule has 1 saturated heterocycles. The Hall–Kier alpha value is -2.29. The van der Waals surface area contributed by atoms with Crippen molar-refractivity contribution >= 4 is 17.3 Å². The first kappa shape index (κ1) is 17.1. The number of piperazine rings is 1. The fraction of sp³-hybridized carbons (Fsp3) is 0.389. The lowest BCUT2D eigenvalue weighted by Crippen LogP contribution is -3.27. The number of hydrogen-bond acceptors (Lipinski definition) is 5. The maximum atomic E-state index is 4.18. The summed E-state index contributed by atoms with van der Waals surface area (Å²) in [6.07, 6.45) is 0. The first-order chi connectivity index (χ1) is 12.8. The summed E-state index contributed by atoms with van der Waals surface area (Å²) >= 11 is 1.84. The summed E-state index contributed by atoms with van der Waals surface area (Å²) in [7, 11) is 2.28. The van der Waals surface area contributed by atoms with Crippen LogP contribution in [0.1, 0.15) is 10.9 Å². The Bertz CT molecular complexity index is 794. The van der Waals surface area contributed by atoms with Gasteiger partial charge < -0.3 is 15.1 Å². The Kier molecular flexibility index (Phi) is 5.24. The van der Waals surface area contributed by atoms with Gasteiger partial charge in [0.25, 0.3) is 0 Å². The molecular formula is C18H25N7S+2. The van der Waals surface area contributed by atoms with Gasteiger partial charge in [-0.15, -0.1) is 11.3 Å². The molecule has 0 spiro atoms. The predicted molar refractivity (Wildman–Crippen MR) is 102 cm³/mol. The molecule has 3 heterocycles. The molecule has 26 heavy (non-hydrogen) atoms. The van der Waals surface area contributed by atoms with Crippen molar-refractivity contribution in [2.75, 3.05) is 45.1 Å². The molecule has 1 fully saturated rings. The monoisotopic (exact) mass is 371 g/mol. The van der Waals surface area contributed by atoms with Crippen molar-refractivity contribution in [2.45, 2.75) is 6.04 Å². The van der Waals surface area contributed by atoms with Crippen molar-refractivity contribution in [3.8, 4) is 5.69 Å². The SMILES string of the molecule is C[NH+]1CC[NH+]([C@@H](CNc2nnnn2-c2ccccc2)c2cccs2)CC1. The van der Waals surface area contributed by atoms with Gasteiger partial charge in [-0.2, -0.15) is 4.68 Å². The molecular weight excluding hydrogens is 346 g/mol. The topological polar surface area (TPSA) is 64.5 Å². The molecule has 3 aromatic rings. The standard InChI is InChI=1S/C18H23N7S/c1-23-9-11-24(12-10-23)16(17-8-5-13-26-17)14-19-18-20-21-22-25(18)15-6-3-2-4-7-15/h2-8,13,16H,9-12,14H2,1H3,(H,19,20,22)/p+2/t16-/m0/s1. The minimum atomic E-state index is 0.420. The van der Waals surface area contributed by atoms with Gasteiger partial charge in [0.1, 0.15) is 32.2 Å². The summed E-state index contributed by atoms with van der Waals surface area (Å²) in [5.41, 5.74) is 0.961. The molecule has 0 aliphatic carbocycles. The van der Waals surface area contributed by atoms with Crippen LogP contribution in [0.2, 0.25) is 0 Å². The summed E-state index contributed by atoms with van der Waals surface area (Å²) in [5.74, 6) is 0.692. The molecule has 0 radical (unpaired) electrons. The van der Waals surface area contributed by atoms with Crippen LogP contribution in [-0.2, 0) is 0 Å². The highest BCUT2D eigenvalue weighted by Crippen LogP contribution is 2.18. The molecule has 0 bridgehead atoms. The van der Waals surface area contributed by atoms with E-state index in [1.165, 1.54) is 31.1 Å². The number of aromatic nitrogens is 4. The number of nitrogens with one attached hydrogen (secondary N) is 3. The largest absolute Gasteiger partial charge is 0.346 e. The maximum Gasteiger partial charge on any atom is 0.247 e. The Labute approximate surface area is 157 Å². The van der Waals surface area contributed by atoms with Crippen molar-refractivity contribution in [1.29, 1.82) is 0 Å². The fourth-order valence-corrected chi connectivity index (χ4v) is 4.40. The zero-order valence-electron chi connectivity index (χ0n) is 14.9. The highest BCUT2D eigenvalue weighted by Gasteiger charge is 2.30.